The predicted octanol–water partition coefficient (Wildman–Crippen LogP) is 2.06. The smallest absolute Gasteiger partial charge is 0.223 e. The first-order valence-electron chi connectivity index (χ1n) is 5.98. The number of rotatable bonds is 6. The Kier molecular flexibility index (Phi) is 5.65. The molecular formula is C13H22N2OS. The van der Waals surface area contributed by atoms with Crippen LogP contribution in [0.5, 0.6) is 0 Å². The van der Waals surface area contributed by atoms with Gasteiger partial charge in [0.2, 0.25) is 5.91 Å². The van der Waals surface area contributed by atoms with Crippen molar-refractivity contribution in [1.82, 2.24) is 10.2 Å². The second-order valence-electron chi connectivity index (χ2n) is 4.61. The molecule has 0 aliphatic heterocycles. The number of hydrogen-bond acceptors (Lipinski definition) is 3. The molecule has 1 aromatic heterocycles. The van der Waals surface area contributed by atoms with Crippen LogP contribution in [0.2, 0.25) is 0 Å². The normalized spacial score (nSPS) is 12.5. The summed E-state index contributed by atoms with van der Waals surface area (Å²) >= 11 is 1.85. The van der Waals surface area contributed by atoms with E-state index in [1.165, 1.54) is 9.75 Å². The molecule has 0 fully saturated rings. The first-order chi connectivity index (χ1) is 7.99. The monoisotopic (exact) mass is 254 g/mol. The fraction of sp³-hybridized carbons (Fsp3) is 0.615. The van der Waals surface area contributed by atoms with Crippen molar-refractivity contribution in [1.29, 1.82) is 0 Å². The fourth-order valence-electron chi connectivity index (χ4n) is 1.62. The quantitative estimate of drug-likeness (QED) is 0.843. The number of hydrogen-bond donors (Lipinski definition) is 1. The van der Waals surface area contributed by atoms with Gasteiger partial charge >= 0.3 is 0 Å². The minimum Gasteiger partial charge on any atom is -0.349 e. The zero-order valence-electron chi connectivity index (χ0n) is 11.1. The van der Waals surface area contributed by atoms with Gasteiger partial charge in [0.25, 0.3) is 0 Å². The van der Waals surface area contributed by atoms with Gasteiger partial charge < -0.3 is 10.2 Å². The van der Waals surface area contributed by atoms with E-state index in [1.54, 1.807) is 19.0 Å². The zero-order valence-corrected chi connectivity index (χ0v) is 11.9. The number of aryl methyl sites for hydroxylation is 1. The lowest BCUT2D eigenvalue weighted by Gasteiger charge is -2.14. The average molecular weight is 254 g/mol. The highest BCUT2D eigenvalue weighted by molar-refractivity contribution is 7.11. The van der Waals surface area contributed by atoms with Crippen molar-refractivity contribution in [2.24, 2.45) is 0 Å². The van der Waals surface area contributed by atoms with E-state index in [0.717, 1.165) is 13.0 Å². The summed E-state index contributed by atoms with van der Waals surface area (Å²) < 4.78 is 0. The van der Waals surface area contributed by atoms with E-state index in [9.17, 15) is 4.79 Å². The van der Waals surface area contributed by atoms with Crippen LogP contribution >= 0.6 is 11.3 Å². The van der Waals surface area contributed by atoms with Crippen LogP contribution in [0.1, 0.15) is 23.1 Å². The summed E-state index contributed by atoms with van der Waals surface area (Å²) in [7, 11) is 3.58. The molecule has 96 valence electrons. The SMILES string of the molecule is Cc1ccc(CC(C)NCCC(=O)N(C)C)s1. The van der Waals surface area contributed by atoms with E-state index in [0.29, 0.717) is 12.5 Å². The maximum Gasteiger partial charge on any atom is 0.223 e. The largest absolute Gasteiger partial charge is 0.349 e. The van der Waals surface area contributed by atoms with Crippen molar-refractivity contribution in [3.8, 4) is 0 Å². The lowest BCUT2D eigenvalue weighted by Crippen LogP contribution is -2.32. The Bertz CT molecular complexity index is 360. The van der Waals surface area contributed by atoms with Crippen LogP contribution in [0.3, 0.4) is 0 Å². The molecule has 0 spiro atoms. The number of nitrogens with zero attached hydrogens (tertiary/aromatic N) is 1. The van der Waals surface area contributed by atoms with Gasteiger partial charge in [0.15, 0.2) is 0 Å². The van der Waals surface area contributed by atoms with Crippen LogP contribution in [-0.4, -0.2) is 37.5 Å². The highest BCUT2D eigenvalue weighted by Gasteiger charge is 2.07. The van der Waals surface area contributed by atoms with Gasteiger partial charge in [0.05, 0.1) is 0 Å². The second-order valence-corrected chi connectivity index (χ2v) is 5.98. The van der Waals surface area contributed by atoms with Crippen LogP contribution in [0.25, 0.3) is 0 Å². The molecule has 0 aliphatic rings. The summed E-state index contributed by atoms with van der Waals surface area (Å²) in [5.74, 6) is 0.177. The first kappa shape index (κ1) is 14.2. The molecule has 0 aliphatic carbocycles. The summed E-state index contributed by atoms with van der Waals surface area (Å²) in [6, 6.07) is 4.76. The topological polar surface area (TPSA) is 32.3 Å². The molecule has 1 rings (SSSR count). The third kappa shape index (κ3) is 5.33. The van der Waals surface area contributed by atoms with Crippen molar-refractivity contribution in [3.05, 3.63) is 21.9 Å². The summed E-state index contributed by atoms with van der Waals surface area (Å²) in [6.07, 6.45) is 1.61. The van der Waals surface area contributed by atoms with E-state index in [4.69, 9.17) is 0 Å². The van der Waals surface area contributed by atoms with Crippen LogP contribution in [0, 0.1) is 6.92 Å². The minimum atomic E-state index is 0.177. The summed E-state index contributed by atoms with van der Waals surface area (Å²) in [5, 5.41) is 3.39. The molecule has 0 saturated carbocycles. The summed E-state index contributed by atoms with van der Waals surface area (Å²) in [5.41, 5.74) is 0. The van der Waals surface area contributed by atoms with Gasteiger partial charge in [0, 0.05) is 42.9 Å². The number of thiophene rings is 1. The Morgan fingerprint density at radius 3 is 2.71 bits per heavy atom. The van der Waals surface area contributed by atoms with E-state index in [1.807, 2.05) is 11.3 Å². The fourth-order valence-corrected chi connectivity index (χ4v) is 2.64. The molecular weight excluding hydrogens is 232 g/mol. The lowest BCUT2D eigenvalue weighted by atomic mass is 10.2. The van der Waals surface area contributed by atoms with Crippen LogP contribution < -0.4 is 5.32 Å². The molecule has 4 heteroatoms. The van der Waals surface area contributed by atoms with Gasteiger partial charge in [-0.3, -0.25) is 4.79 Å². The Balaban J connectivity index is 2.22. The number of amides is 1. The molecule has 0 radical (unpaired) electrons. The molecule has 1 aromatic rings. The van der Waals surface area contributed by atoms with Crippen LogP contribution in [0.15, 0.2) is 12.1 Å². The molecule has 3 nitrogen and oxygen atoms in total. The Morgan fingerprint density at radius 1 is 1.47 bits per heavy atom. The summed E-state index contributed by atoms with van der Waals surface area (Å²) in [4.78, 5) is 15.8. The van der Waals surface area contributed by atoms with Gasteiger partial charge in [-0.2, -0.15) is 0 Å². The van der Waals surface area contributed by atoms with E-state index >= 15 is 0 Å². The van der Waals surface area contributed by atoms with Crippen molar-refractivity contribution in [2.45, 2.75) is 32.7 Å². The van der Waals surface area contributed by atoms with Crippen LogP contribution in [-0.2, 0) is 11.2 Å². The lowest BCUT2D eigenvalue weighted by molar-refractivity contribution is -0.128. The van der Waals surface area contributed by atoms with Gasteiger partial charge in [0.1, 0.15) is 0 Å². The van der Waals surface area contributed by atoms with E-state index in [2.05, 4.69) is 31.3 Å². The molecule has 0 bridgehead atoms. The predicted molar refractivity (Wildman–Crippen MR) is 73.5 cm³/mol. The minimum absolute atomic E-state index is 0.177. The zero-order chi connectivity index (χ0) is 12.8. The maximum atomic E-state index is 11.4. The van der Waals surface area contributed by atoms with Crippen molar-refractivity contribution < 1.29 is 4.79 Å². The molecule has 1 N–H and O–H groups in total. The molecule has 1 atom stereocenters. The molecule has 1 amide bonds. The summed E-state index contributed by atoms with van der Waals surface area (Å²) in [6.45, 7) is 5.04. The number of carbonyl (C=O) groups excluding carboxylic acids is 1. The highest BCUT2D eigenvalue weighted by Crippen LogP contribution is 2.16. The highest BCUT2D eigenvalue weighted by atomic mass is 32.1. The molecule has 17 heavy (non-hydrogen) atoms. The Hall–Kier alpha value is -0.870. The van der Waals surface area contributed by atoms with Crippen molar-refractivity contribution in [3.63, 3.8) is 0 Å². The third-order valence-electron chi connectivity index (χ3n) is 2.63. The standard InChI is InChI=1S/C13H22N2OS/c1-10(9-12-6-5-11(2)17-12)14-8-7-13(16)15(3)4/h5-6,10,14H,7-9H2,1-4H3. The van der Waals surface area contributed by atoms with E-state index < -0.39 is 0 Å². The number of nitrogens with one attached hydrogen (secondary N) is 1. The van der Waals surface area contributed by atoms with Crippen LogP contribution in [0.4, 0.5) is 0 Å². The van der Waals surface area contributed by atoms with Crippen molar-refractivity contribution >= 4 is 17.2 Å². The van der Waals surface area contributed by atoms with Gasteiger partial charge in [-0.25, -0.2) is 0 Å². The number of carbonyl (C=O) groups is 1. The van der Waals surface area contributed by atoms with Gasteiger partial charge in [-0.05, 0) is 32.4 Å². The van der Waals surface area contributed by atoms with Gasteiger partial charge in [-0.15, -0.1) is 11.3 Å². The third-order valence-corrected chi connectivity index (χ3v) is 3.66. The van der Waals surface area contributed by atoms with E-state index in [-0.39, 0.29) is 5.91 Å². The molecule has 1 heterocycles. The molecule has 0 saturated heterocycles. The second kappa shape index (κ2) is 6.77. The van der Waals surface area contributed by atoms with Gasteiger partial charge in [-0.1, -0.05) is 0 Å². The first-order valence-corrected chi connectivity index (χ1v) is 6.79. The Morgan fingerprint density at radius 2 is 2.18 bits per heavy atom. The average Bonchev–Trinajstić information content (AvgIpc) is 2.63. The Labute approximate surface area is 108 Å². The molecule has 1 unspecified atom stereocenters. The van der Waals surface area contributed by atoms with Crippen molar-refractivity contribution in [2.75, 3.05) is 20.6 Å². The molecule has 0 aromatic carbocycles. The maximum absolute atomic E-state index is 11.4.